The van der Waals surface area contributed by atoms with Crippen molar-refractivity contribution in [2.24, 2.45) is 0 Å². The zero-order valence-corrected chi connectivity index (χ0v) is 4.30. The first kappa shape index (κ1) is 4.52. The van der Waals surface area contributed by atoms with Crippen molar-refractivity contribution >= 4 is 25.9 Å². The summed E-state index contributed by atoms with van der Waals surface area (Å²) in [5.41, 5.74) is 0. The Hall–Kier alpha value is 0.520. The molecule has 0 aromatic rings. The molecule has 1 unspecified atom stereocenters. The molecule has 4 heavy (non-hydrogen) atoms. The van der Waals surface area contributed by atoms with Gasteiger partial charge in [-0.25, -0.2) is 0 Å². The van der Waals surface area contributed by atoms with Gasteiger partial charge in [0.2, 0.25) is 0 Å². The molecule has 0 aliphatic rings. The van der Waals surface area contributed by atoms with Crippen LogP contribution in [0.4, 0.5) is 0 Å². The number of hydrogen-bond acceptors (Lipinski definition) is 1. The van der Waals surface area contributed by atoms with Crippen LogP contribution in [0.5, 0.6) is 0 Å². The first-order chi connectivity index (χ1) is 1.91. The molecule has 0 rings (SSSR count). The smallest absolute Gasteiger partial charge is 0.000686 e. The highest BCUT2D eigenvalue weighted by Crippen LogP contribution is 1.90. The van der Waals surface area contributed by atoms with Gasteiger partial charge in [0.25, 0.3) is 0 Å². The minimum absolute atomic E-state index is 0.830. The maximum atomic E-state index is 4.44. The van der Waals surface area contributed by atoms with Crippen molar-refractivity contribution in [1.82, 2.24) is 0 Å². The van der Waals surface area contributed by atoms with Crippen molar-refractivity contribution in [3.63, 3.8) is 0 Å². The second-order valence-electron chi connectivity index (χ2n) is 0.407. The van der Waals surface area contributed by atoms with Gasteiger partial charge in [-0.2, -0.15) is 0 Å². The average molecular weight is 92.1 g/mol. The number of rotatable bonds is 1. The fourth-order valence-electron chi connectivity index (χ4n) is 0. The zero-order valence-electron chi connectivity index (χ0n) is 2.49. The SMILES string of the molecule is CPC=S. The maximum absolute atomic E-state index is 4.44. The number of hydrogen-bond donors (Lipinski definition) is 0. The van der Waals surface area contributed by atoms with Crippen LogP contribution in [0.3, 0.4) is 0 Å². The Morgan fingerprint density at radius 3 is 2.25 bits per heavy atom. The topological polar surface area (TPSA) is 0 Å². The van der Waals surface area contributed by atoms with Gasteiger partial charge in [0.05, 0.1) is 0 Å². The zero-order chi connectivity index (χ0) is 3.41. The molecule has 0 spiro atoms. The minimum atomic E-state index is 0.830. The van der Waals surface area contributed by atoms with Crippen LogP contribution in [-0.4, -0.2) is 11.8 Å². The Labute approximate surface area is 33.4 Å². The third-order valence-corrected chi connectivity index (χ3v) is 1.06. The van der Waals surface area contributed by atoms with Gasteiger partial charge in [-0.15, -0.1) is 0 Å². The first-order valence-corrected chi connectivity index (χ1v) is 3.07. The van der Waals surface area contributed by atoms with E-state index in [0.29, 0.717) is 0 Å². The van der Waals surface area contributed by atoms with Crippen molar-refractivity contribution in [1.29, 1.82) is 0 Å². The Bertz CT molecular complexity index is 20.0. The molecule has 0 nitrogen and oxygen atoms in total. The monoisotopic (exact) mass is 92.0 g/mol. The largest absolute Gasteiger partial charge is 0.0898 e. The Morgan fingerprint density at radius 1 is 2.00 bits per heavy atom. The molecule has 24 valence electrons. The second-order valence-corrected chi connectivity index (χ2v) is 1.93. The third-order valence-electron chi connectivity index (χ3n) is 0.118. The van der Waals surface area contributed by atoms with Gasteiger partial charge in [0.1, 0.15) is 0 Å². The van der Waals surface area contributed by atoms with E-state index in [1.165, 1.54) is 0 Å². The summed E-state index contributed by atoms with van der Waals surface area (Å²) >= 11 is 4.44. The Kier molecular flexibility index (Phi) is 3.98. The molecular weight excluding hydrogens is 87.1 g/mol. The molecule has 0 radical (unpaired) electrons. The van der Waals surface area contributed by atoms with E-state index in [1.807, 2.05) is 6.66 Å². The normalized spacial score (nSPS) is 9.25. The van der Waals surface area contributed by atoms with E-state index in [1.54, 1.807) is 5.11 Å². The van der Waals surface area contributed by atoms with Gasteiger partial charge >= 0.3 is 0 Å². The summed E-state index contributed by atoms with van der Waals surface area (Å²) in [5, 5.41) is 1.74. The highest BCUT2D eigenvalue weighted by molar-refractivity contribution is 7.90. The van der Waals surface area contributed by atoms with E-state index in [-0.39, 0.29) is 0 Å². The lowest BCUT2D eigenvalue weighted by atomic mass is 11.9. The molecule has 0 aromatic heterocycles. The predicted molar refractivity (Wildman–Crippen MR) is 27.9 cm³/mol. The van der Waals surface area contributed by atoms with E-state index in [0.717, 1.165) is 8.58 Å². The summed E-state index contributed by atoms with van der Waals surface area (Å²) in [6, 6.07) is 0. The minimum Gasteiger partial charge on any atom is -0.0898 e. The van der Waals surface area contributed by atoms with Crippen LogP contribution in [0, 0.1) is 0 Å². The van der Waals surface area contributed by atoms with E-state index in [9.17, 15) is 0 Å². The molecule has 0 saturated heterocycles. The fraction of sp³-hybridized carbons (Fsp3) is 0.500. The lowest BCUT2D eigenvalue weighted by Crippen LogP contribution is -1.31. The van der Waals surface area contributed by atoms with E-state index in [2.05, 4.69) is 12.2 Å². The van der Waals surface area contributed by atoms with Crippen molar-refractivity contribution in [2.75, 3.05) is 6.66 Å². The van der Waals surface area contributed by atoms with Gasteiger partial charge in [0.15, 0.2) is 0 Å². The third kappa shape index (κ3) is 2.52. The second kappa shape index (κ2) is 3.52. The van der Waals surface area contributed by atoms with E-state index in [4.69, 9.17) is 0 Å². The molecule has 0 N–H and O–H groups in total. The van der Waals surface area contributed by atoms with Crippen molar-refractivity contribution in [2.45, 2.75) is 0 Å². The summed E-state index contributed by atoms with van der Waals surface area (Å²) in [4.78, 5) is 0. The Morgan fingerprint density at radius 2 is 2.25 bits per heavy atom. The van der Waals surface area contributed by atoms with Crippen LogP contribution in [0.25, 0.3) is 0 Å². The molecule has 0 bridgehead atoms. The summed E-state index contributed by atoms with van der Waals surface area (Å²) in [6.45, 7) is 2.05. The van der Waals surface area contributed by atoms with Gasteiger partial charge < -0.3 is 0 Å². The van der Waals surface area contributed by atoms with Crippen LogP contribution in [-0.2, 0) is 0 Å². The predicted octanol–water partition coefficient (Wildman–Crippen LogP) is 1.25. The molecule has 0 aliphatic heterocycles. The van der Waals surface area contributed by atoms with Gasteiger partial charge in [-0.3, -0.25) is 0 Å². The molecule has 0 aliphatic carbocycles. The van der Waals surface area contributed by atoms with Crippen LogP contribution < -0.4 is 0 Å². The van der Waals surface area contributed by atoms with Crippen LogP contribution in [0.2, 0.25) is 0 Å². The highest BCUT2D eigenvalue weighted by Gasteiger charge is 1.46. The summed E-state index contributed by atoms with van der Waals surface area (Å²) < 4.78 is 0. The molecule has 0 aromatic carbocycles. The first-order valence-electron chi connectivity index (χ1n) is 1.02. The lowest BCUT2D eigenvalue weighted by Gasteiger charge is -1.56. The van der Waals surface area contributed by atoms with Crippen molar-refractivity contribution in [3.05, 3.63) is 0 Å². The quantitative estimate of drug-likeness (QED) is 0.346. The van der Waals surface area contributed by atoms with Crippen LogP contribution >= 0.6 is 20.8 Å². The molecule has 0 fully saturated rings. The molecular formula is C2H5PS. The van der Waals surface area contributed by atoms with E-state index < -0.39 is 0 Å². The van der Waals surface area contributed by atoms with Crippen LogP contribution in [0.15, 0.2) is 0 Å². The van der Waals surface area contributed by atoms with Gasteiger partial charge in [-0.05, 0) is 11.8 Å². The molecule has 2 heteroatoms. The average Bonchev–Trinajstić information content (AvgIpc) is 1.37. The standard InChI is InChI=1S/C2H5PS/c1-3-2-4/h2-3H,1H3. The van der Waals surface area contributed by atoms with Crippen LogP contribution in [0.1, 0.15) is 0 Å². The maximum Gasteiger partial charge on any atom is -0.000686 e. The summed E-state index contributed by atoms with van der Waals surface area (Å²) in [5.74, 6) is 0. The van der Waals surface area contributed by atoms with Gasteiger partial charge in [0, 0.05) is 0 Å². The fourth-order valence-corrected chi connectivity index (χ4v) is 0. The Balaban J connectivity index is 2.30. The summed E-state index contributed by atoms with van der Waals surface area (Å²) in [7, 11) is 0.830. The molecule has 1 atom stereocenters. The van der Waals surface area contributed by atoms with Crippen molar-refractivity contribution in [3.8, 4) is 0 Å². The van der Waals surface area contributed by atoms with Gasteiger partial charge in [-0.1, -0.05) is 20.8 Å². The molecule has 0 amide bonds. The lowest BCUT2D eigenvalue weighted by molar-refractivity contribution is 2.50. The van der Waals surface area contributed by atoms with E-state index >= 15 is 0 Å². The van der Waals surface area contributed by atoms with Crippen molar-refractivity contribution < 1.29 is 0 Å². The number of thiocarbonyl (C=S) groups is 1. The summed E-state index contributed by atoms with van der Waals surface area (Å²) in [6.07, 6.45) is 0. The highest BCUT2D eigenvalue weighted by atomic mass is 32.1. The molecule has 0 heterocycles. The molecule has 0 saturated carbocycles.